The highest BCUT2D eigenvalue weighted by Gasteiger charge is 2.32. The van der Waals surface area contributed by atoms with Gasteiger partial charge in [0, 0.05) is 6.04 Å². The van der Waals surface area contributed by atoms with Gasteiger partial charge in [0.2, 0.25) is 5.91 Å². The molecule has 4 heteroatoms. The van der Waals surface area contributed by atoms with Crippen LogP contribution in [0.3, 0.4) is 0 Å². The van der Waals surface area contributed by atoms with Gasteiger partial charge in [-0.15, -0.1) is 0 Å². The lowest BCUT2D eigenvalue weighted by atomic mass is 9.92. The van der Waals surface area contributed by atoms with E-state index >= 15 is 0 Å². The van der Waals surface area contributed by atoms with E-state index in [0.717, 1.165) is 32.4 Å². The third kappa shape index (κ3) is 5.04. The maximum atomic E-state index is 11.5. The second-order valence-electron chi connectivity index (χ2n) is 5.04. The normalized spacial score (nSPS) is 16.8. The van der Waals surface area contributed by atoms with Gasteiger partial charge in [0.05, 0.1) is 5.54 Å². The fourth-order valence-electron chi connectivity index (χ4n) is 2.17. The first-order valence-corrected chi connectivity index (χ1v) is 6.64. The Balaban J connectivity index is 4.55. The molecule has 0 aromatic heterocycles. The quantitative estimate of drug-likeness (QED) is 0.643. The van der Waals surface area contributed by atoms with E-state index in [1.165, 1.54) is 0 Å². The summed E-state index contributed by atoms with van der Waals surface area (Å²) in [5.74, 6) is -0.278. The molecule has 2 atom stereocenters. The fraction of sp³-hybridized carbons (Fsp3) is 0.923. The van der Waals surface area contributed by atoms with Crippen LogP contribution in [-0.2, 0) is 4.79 Å². The number of carbonyl (C=O) groups excluding carboxylic acids is 1. The summed E-state index contributed by atoms with van der Waals surface area (Å²) >= 11 is 0. The van der Waals surface area contributed by atoms with E-state index < -0.39 is 5.54 Å². The molecule has 0 aliphatic heterocycles. The largest absolute Gasteiger partial charge is 0.368 e. The van der Waals surface area contributed by atoms with Gasteiger partial charge < -0.3 is 16.0 Å². The molecule has 0 bridgehead atoms. The molecule has 17 heavy (non-hydrogen) atoms. The Labute approximate surface area is 106 Å². The van der Waals surface area contributed by atoms with Gasteiger partial charge in [0.1, 0.15) is 0 Å². The Morgan fingerprint density at radius 2 is 1.82 bits per heavy atom. The van der Waals surface area contributed by atoms with Gasteiger partial charge in [-0.2, -0.15) is 0 Å². The average Bonchev–Trinajstić information content (AvgIpc) is 2.28. The summed E-state index contributed by atoms with van der Waals surface area (Å²) in [7, 11) is 1.79. The number of rotatable bonds is 9. The van der Waals surface area contributed by atoms with Crippen LogP contribution in [0.2, 0.25) is 0 Å². The Bertz CT molecular complexity index is 227. The number of carbonyl (C=O) groups is 1. The molecule has 0 heterocycles. The van der Waals surface area contributed by atoms with Gasteiger partial charge in [-0.25, -0.2) is 0 Å². The van der Waals surface area contributed by atoms with Crippen LogP contribution in [0, 0.1) is 0 Å². The van der Waals surface area contributed by atoms with Crippen molar-refractivity contribution in [2.75, 3.05) is 20.1 Å². The molecule has 0 saturated heterocycles. The molecule has 0 aliphatic carbocycles. The third-order valence-corrected chi connectivity index (χ3v) is 3.44. The van der Waals surface area contributed by atoms with Crippen molar-refractivity contribution in [1.82, 2.24) is 10.2 Å². The van der Waals surface area contributed by atoms with E-state index in [4.69, 9.17) is 5.73 Å². The Kier molecular flexibility index (Phi) is 7.39. The van der Waals surface area contributed by atoms with Gasteiger partial charge in [-0.1, -0.05) is 13.8 Å². The average molecular weight is 243 g/mol. The molecule has 1 amide bonds. The van der Waals surface area contributed by atoms with Crippen LogP contribution in [0.4, 0.5) is 0 Å². The summed E-state index contributed by atoms with van der Waals surface area (Å²) in [6, 6.07) is 0.361. The number of primary amides is 1. The molecule has 0 spiro atoms. The number of hydrogen-bond acceptors (Lipinski definition) is 3. The molecule has 3 N–H and O–H groups in total. The molecule has 2 unspecified atom stereocenters. The van der Waals surface area contributed by atoms with E-state index in [9.17, 15) is 4.79 Å². The SMILES string of the molecule is CCCN(CCC)C(C)CC(C)(NC)C(N)=O. The summed E-state index contributed by atoms with van der Waals surface area (Å²) in [6.45, 7) is 10.6. The predicted octanol–water partition coefficient (Wildman–Crippen LogP) is 1.35. The summed E-state index contributed by atoms with van der Waals surface area (Å²) in [6.07, 6.45) is 3.02. The van der Waals surface area contributed by atoms with Gasteiger partial charge in [-0.3, -0.25) is 4.79 Å². The number of hydrogen-bond donors (Lipinski definition) is 2. The van der Waals surface area contributed by atoms with Crippen molar-refractivity contribution in [3.8, 4) is 0 Å². The minimum Gasteiger partial charge on any atom is -0.368 e. The van der Waals surface area contributed by atoms with Gasteiger partial charge >= 0.3 is 0 Å². The molecular formula is C13H29N3O. The Morgan fingerprint density at radius 1 is 1.35 bits per heavy atom. The zero-order valence-corrected chi connectivity index (χ0v) is 12.0. The van der Waals surface area contributed by atoms with Crippen molar-refractivity contribution < 1.29 is 4.79 Å². The van der Waals surface area contributed by atoms with Crippen LogP contribution in [0.15, 0.2) is 0 Å². The molecule has 4 nitrogen and oxygen atoms in total. The summed E-state index contributed by atoms with van der Waals surface area (Å²) < 4.78 is 0. The Hall–Kier alpha value is -0.610. The van der Waals surface area contributed by atoms with Crippen LogP contribution >= 0.6 is 0 Å². The fourth-order valence-corrected chi connectivity index (χ4v) is 2.17. The zero-order valence-electron chi connectivity index (χ0n) is 12.0. The molecular weight excluding hydrogens is 214 g/mol. The van der Waals surface area contributed by atoms with Crippen LogP contribution in [0.1, 0.15) is 47.0 Å². The predicted molar refractivity (Wildman–Crippen MR) is 72.9 cm³/mol. The van der Waals surface area contributed by atoms with Crippen molar-refractivity contribution in [1.29, 1.82) is 0 Å². The second-order valence-corrected chi connectivity index (χ2v) is 5.04. The number of likely N-dealkylation sites (N-methyl/N-ethyl adjacent to an activating group) is 1. The first-order chi connectivity index (χ1) is 7.91. The maximum Gasteiger partial charge on any atom is 0.237 e. The van der Waals surface area contributed by atoms with E-state index in [1.807, 2.05) is 6.92 Å². The number of nitrogens with two attached hydrogens (primary N) is 1. The molecule has 0 aromatic rings. The van der Waals surface area contributed by atoms with Crippen molar-refractivity contribution >= 4 is 5.91 Å². The third-order valence-electron chi connectivity index (χ3n) is 3.44. The maximum absolute atomic E-state index is 11.5. The highest BCUT2D eigenvalue weighted by molar-refractivity contribution is 5.84. The van der Waals surface area contributed by atoms with E-state index in [1.54, 1.807) is 7.05 Å². The molecule has 0 radical (unpaired) electrons. The van der Waals surface area contributed by atoms with Gasteiger partial charge in [-0.05, 0) is 53.2 Å². The van der Waals surface area contributed by atoms with Crippen LogP contribution in [0.5, 0.6) is 0 Å². The summed E-state index contributed by atoms with van der Waals surface area (Å²) in [4.78, 5) is 13.9. The van der Waals surface area contributed by atoms with E-state index in [0.29, 0.717) is 6.04 Å². The first kappa shape index (κ1) is 16.4. The molecule has 0 rings (SSSR count). The van der Waals surface area contributed by atoms with E-state index in [2.05, 4.69) is 31.0 Å². The first-order valence-electron chi connectivity index (χ1n) is 6.64. The van der Waals surface area contributed by atoms with Crippen molar-refractivity contribution in [3.05, 3.63) is 0 Å². The summed E-state index contributed by atoms with van der Waals surface area (Å²) in [5.41, 5.74) is 4.85. The Morgan fingerprint density at radius 3 is 2.12 bits per heavy atom. The van der Waals surface area contributed by atoms with Crippen molar-refractivity contribution in [2.45, 2.75) is 58.5 Å². The minimum absolute atomic E-state index is 0.278. The molecule has 0 aliphatic rings. The topological polar surface area (TPSA) is 58.4 Å². The summed E-state index contributed by atoms with van der Waals surface area (Å²) in [5, 5.41) is 3.05. The lowest BCUT2D eigenvalue weighted by Gasteiger charge is -2.35. The van der Waals surface area contributed by atoms with Crippen LogP contribution < -0.4 is 11.1 Å². The molecule has 102 valence electrons. The van der Waals surface area contributed by atoms with Crippen molar-refractivity contribution in [2.24, 2.45) is 5.73 Å². The smallest absolute Gasteiger partial charge is 0.237 e. The minimum atomic E-state index is -0.612. The zero-order chi connectivity index (χ0) is 13.5. The molecule has 0 saturated carbocycles. The van der Waals surface area contributed by atoms with Gasteiger partial charge in [0.15, 0.2) is 0 Å². The van der Waals surface area contributed by atoms with E-state index in [-0.39, 0.29) is 5.91 Å². The second kappa shape index (κ2) is 7.67. The lowest BCUT2D eigenvalue weighted by molar-refractivity contribution is -0.124. The molecule has 0 aromatic carbocycles. The highest BCUT2D eigenvalue weighted by atomic mass is 16.1. The highest BCUT2D eigenvalue weighted by Crippen LogP contribution is 2.16. The number of amides is 1. The number of nitrogens with one attached hydrogen (secondary N) is 1. The monoisotopic (exact) mass is 243 g/mol. The number of nitrogens with zero attached hydrogens (tertiary/aromatic N) is 1. The molecule has 0 fully saturated rings. The van der Waals surface area contributed by atoms with Crippen LogP contribution in [-0.4, -0.2) is 42.5 Å². The van der Waals surface area contributed by atoms with Crippen molar-refractivity contribution in [3.63, 3.8) is 0 Å². The standard InChI is InChI=1S/C13H29N3O/c1-6-8-16(9-7-2)11(3)10-13(4,15-5)12(14)17/h11,15H,6-10H2,1-5H3,(H2,14,17). The van der Waals surface area contributed by atoms with Gasteiger partial charge in [0.25, 0.3) is 0 Å². The lowest BCUT2D eigenvalue weighted by Crippen LogP contribution is -2.55. The van der Waals surface area contributed by atoms with Crippen LogP contribution in [0.25, 0.3) is 0 Å².